The number of hydrogen-bond acceptors (Lipinski definition) is 4. The maximum absolute atomic E-state index is 5.46. The summed E-state index contributed by atoms with van der Waals surface area (Å²) in [6, 6.07) is 4.07. The molecule has 0 aromatic carbocycles. The molecule has 0 saturated heterocycles. The number of hydrazine groups is 1. The molecule has 0 radical (unpaired) electrons. The van der Waals surface area contributed by atoms with Crippen molar-refractivity contribution in [3.8, 4) is 0 Å². The molecule has 1 saturated carbocycles. The number of hydrogen-bond donors (Lipinski definition) is 2. The Hall–Kier alpha value is -0.740. The molecule has 1 heterocycles. The van der Waals surface area contributed by atoms with Gasteiger partial charge in [-0.3, -0.25) is 0 Å². The number of anilines is 1. The van der Waals surface area contributed by atoms with Crippen LogP contribution in [0, 0.1) is 5.92 Å². The van der Waals surface area contributed by atoms with Crippen LogP contribution in [0.3, 0.4) is 0 Å². The first-order valence-electron chi connectivity index (χ1n) is 6.31. The van der Waals surface area contributed by atoms with Crippen molar-refractivity contribution in [1.29, 1.82) is 0 Å². The van der Waals surface area contributed by atoms with Gasteiger partial charge in [0.05, 0.1) is 0 Å². The van der Waals surface area contributed by atoms with E-state index in [9.17, 15) is 0 Å². The molecule has 1 aromatic rings. The number of aromatic nitrogens is 1. The molecule has 2 atom stereocenters. The summed E-state index contributed by atoms with van der Waals surface area (Å²) in [5, 5.41) is 0.810. The minimum absolute atomic E-state index is 0.809. The van der Waals surface area contributed by atoms with E-state index in [1.54, 1.807) is 6.20 Å². The summed E-state index contributed by atoms with van der Waals surface area (Å²) in [5.74, 6) is 8.16. The molecule has 2 rings (SSSR count). The lowest BCUT2D eigenvalue weighted by Gasteiger charge is -2.26. The van der Waals surface area contributed by atoms with Crippen LogP contribution < -0.4 is 11.3 Å². The molecule has 0 spiro atoms. The lowest BCUT2D eigenvalue weighted by atomic mass is 9.91. The highest BCUT2D eigenvalue weighted by molar-refractivity contribution is 7.99. The van der Waals surface area contributed by atoms with Crippen molar-refractivity contribution < 1.29 is 0 Å². The fraction of sp³-hybridized carbons (Fsp3) is 0.615. The number of nitrogens with two attached hydrogens (primary N) is 1. The zero-order chi connectivity index (χ0) is 12.1. The van der Waals surface area contributed by atoms with Gasteiger partial charge in [-0.15, -0.1) is 0 Å². The van der Waals surface area contributed by atoms with Crippen molar-refractivity contribution in [2.24, 2.45) is 11.8 Å². The molecular formula is C13H21N3S. The van der Waals surface area contributed by atoms with E-state index in [1.807, 2.05) is 17.8 Å². The van der Waals surface area contributed by atoms with Gasteiger partial charge >= 0.3 is 0 Å². The molecule has 17 heavy (non-hydrogen) atoms. The van der Waals surface area contributed by atoms with Crippen molar-refractivity contribution in [3.05, 3.63) is 23.9 Å². The Morgan fingerprint density at radius 2 is 2.41 bits per heavy atom. The largest absolute Gasteiger partial charge is 0.308 e. The van der Waals surface area contributed by atoms with E-state index in [2.05, 4.69) is 23.4 Å². The van der Waals surface area contributed by atoms with E-state index in [1.165, 1.54) is 31.2 Å². The van der Waals surface area contributed by atoms with E-state index in [0.717, 1.165) is 22.7 Å². The van der Waals surface area contributed by atoms with E-state index < -0.39 is 0 Å². The van der Waals surface area contributed by atoms with Crippen LogP contribution in [0.5, 0.6) is 0 Å². The first kappa shape index (κ1) is 12.7. The summed E-state index contributed by atoms with van der Waals surface area (Å²) < 4.78 is 0. The molecule has 3 nitrogen and oxygen atoms in total. The molecule has 1 aromatic heterocycles. The molecule has 2 unspecified atom stereocenters. The normalized spacial score (nSPS) is 24.6. The molecule has 0 amide bonds. The molecule has 0 aliphatic heterocycles. The summed E-state index contributed by atoms with van der Waals surface area (Å²) in [7, 11) is 0. The monoisotopic (exact) mass is 251 g/mol. The van der Waals surface area contributed by atoms with Crippen LogP contribution in [0.4, 0.5) is 5.82 Å². The summed E-state index contributed by atoms with van der Waals surface area (Å²) in [4.78, 5) is 4.23. The third-order valence-electron chi connectivity index (χ3n) is 3.39. The molecule has 1 aliphatic rings. The predicted octanol–water partition coefficient (Wildman–Crippen LogP) is 3.18. The van der Waals surface area contributed by atoms with Crippen molar-refractivity contribution in [2.75, 3.05) is 5.43 Å². The maximum Gasteiger partial charge on any atom is 0.143 e. The van der Waals surface area contributed by atoms with E-state index in [-0.39, 0.29) is 0 Å². The number of thioether (sulfide) groups is 1. The second kappa shape index (κ2) is 6.26. The van der Waals surface area contributed by atoms with E-state index in [0.29, 0.717) is 0 Å². The van der Waals surface area contributed by atoms with E-state index in [4.69, 9.17) is 5.84 Å². The van der Waals surface area contributed by atoms with Crippen molar-refractivity contribution in [2.45, 2.75) is 43.6 Å². The molecule has 1 fully saturated rings. The Morgan fingerprint density at radius 3 is 3.18 bits per heavy atom. The zero-order valence-corrected chi connectivity index (χ0v) is 11.2. The highest BCUT2D eigenvalue weighted by atomic mass is 32.2. The Balaban J connectivity index is 1.88. The van der Waals surface area contributed by atoms with Crippen LogP contribution in [0.25, 0.3) is 0 Å². The first-order chi connectivity index (χ1) is 8.29. The smallest absolute Gasteiger partial charge is 0.143 e. The molecule has 3 N–H and O–H groups in total. The highest BCUT2D eigenvalue weighted by Crippen LogP contribution is 2.34. The Labute approximate surface area is 108 Å². The second-order valence-corrected chi connectivity index (χ2v) is 6.15. The third-order valence-corrected chi connectivity index (χ3v) is 4.77. The quantitative estimate of drug-likeness (QED) is 0.637. The second-order valence-electron chi connectivity index (χ2n) is 4.86. The molecular weight excluding hydrogens is 230 g/mol. The van der Waals surface area contributed by atoms with Crippen molar-refractivity contribution in [3.63, 3.8) is 0 Å². The van der Waals surface area contributed by atoms with Gasteiger partial charge in [-0.1, -0.05) is 25.8 Å². The van der Waals surface area contributed by atoms with Gasteiger partial charge in [0.25, 0.3) is 0 Å². The van der Waals surface area contributed by atoms with Gasteiger partial charge in [-0.2, -0.15) is 11.8 Å². The Morgan fingerprint density at radius 1 is 1.53 bits per heavy atom. The summed E-state index contributed by atoms with van der Waals surface area (Å²) in [6.07, 6.45) is 7.27. The standard InChI is InChI=1S/C13H21N3S/c1-10-4-2-6-12(8-10)17-9-11-5-3-7-15-13(11)16-14/h3,5,7,10,12H,2,4,6,8-9,14H2,1H3,(H,15,16). The number of nitrogens with zero attached hydrogens (tertiary/aromatic N) is 1. The van der Waals surface area contributed by atoms with Gasteiger partial charge in [0.1, 0.15) is 5.82 Å². The lowest BCUT2D eigenvalue weighted by Crippen LogP contribution is -2.16. The van der Waals surface area contributed by atoms with Gasteiger partial charge < -0.3 is 5.43 Å². The van der Waals surface area contributed by atoms with Crippen LogP contribution >= 0.6 is 11.8 Å². The molecule has 0 bridgehead atoms. The number of nitrogens with one attached hydrogen (secondary N) is 1. The number of pyridine rings is 1. The van der Waals surface area contributed by atoms with Gasteiger partial charge in [-0.05, 0) is 24.8 Å². The molecule has 4 heteroatoms. The van der Waals surface area contributed by atoms with Gasteiger partial charge in [0.15, 0.2) is 0 Å². The van der Waals surface area contributed by atoms with E-state index >= 15 is 0 Å². The van der Waals surface area contributed by atoms with Crippen molar-refractivity contribution in [1.82, 2.24) is 4.98 Å². The van der Waals surface area contributed by atoms with Crippen LogP contribution in [0.1, 0.15) is 38.2 Å². The Bertz CT molecular complexity index is 356. The number of rotatable bonds is 4. The average molecular weight is 251 g/mol. The zero-order valence-electron chi connectivity index (χ0n) is 10.4. The van der Waals surface area contributed by atoms with Crippen LogP contribution in [0.2, 0.25) is 0 Å². The minimum atomic E-state index is 0.809. The third kappa shape index (κ3) is 3.61. The fourth-order valence-electron chi connectivity index (χ4n) is 2.42. The minimum Gasteiger partial charge on any atom is -0.308 e. The molecule has 94 valence electrons. The molecule has 1 aliphatic carbocycles. The summed E-state index contributed by atoms with van der Waals surface area (Å²) >= 11 is 2.05. The van der Waals surface area contributed by atoms with Gasteiger partial charge in [0, 0.05) is 22.8 Å². The van der Waals surface area contributed by atoms with Gasteiger partial charge in [0.2, 0.25) is 0 Å². The van der Waals surface area contributed by atoms with Crippen molar-refractivity contribution >= 4 is 17.6 Å². The topological polar surface area (TPSA) is 50.9 Å². The van der Waals surface area contributed by atoms with Crippen LogP contribution in [-0.4, -0.2) is 10.2 Å². The highest BCUT2D eigenvalue weighted by Gasteiger charge is 2.19. The number of nitrogen functional groups attached to an aromatic ring is 1. The first-order valence-corrected chi connectivity index (χ1v) is 7.36. The fourth-order valence-corrected chi connectivity index (χ4v) is 3.87. The van der Waals surface area contributed by atoms with Crippen LogP contribution in [0.15, 0.2) is 18.3 Å². The predicted molar refractivity (Wildman–Crippen MR) is 74.8 cm³/mol. The summed E-state index contributed by atoms with van der Waals surface area (Å²) in [6.45, 7) is 2.36. The average Bonchev–Trinajstić information content (AvgIpc) is 2.37. The van der Waals surface area contributed by atoms with Crippen LogP contribution in [-0.2, 0) is 5.75 Å². The SMILES string of the molecule is CC1CCCC(SCc2cccnc2NN)C1. The lowest BCUT2D eigenvalue weighted by molar-refractivity contribution is 0.394. The Kier molecular flexibility index (Phi) is 4.68. The maximum atomic E-state index is 5.46. The summed E-state index contributed by atoms with van der Waals surface area (Å²) in [5.41, 5.74) is 3.87. The van der Waals surface area contributed by atoms with Gasteiger partial charge in [-0.25, -0.2) is 10.8 Å².